The fourth-order valence-corrected chi connectivity index (χ4v) is 1.19. The van der Waals surface area contributed by atoms with Crippen molar-refractivity contribution in [2.75, 3.05) is 14.1 Å². The minimum absolute atomic E-state index is 0.516. The average Bonchev–Trinajstić information content (AvgIpc) is 2.05. The van der Waals surface area contributed by atoms with Gasteiger partial charge in [0.25, 0.3) is 0 Å². The van der Waals surface area contributed by atoms with Gasteiger partial charge in [-0.1, -0.05) is 6.92 Å². The molecule has 1 unspecified atom stereocenters. The van der Waals surface area contributed by atoms with Crippen LogP contribution >= 0.6 is 0 Å². The first-order valence-corrected chi connectivity index (χ1v) is 4.19. The van der Waals surface area contributed by atoms with Crippen LogP contribution in [-0.2, 0) is 0 Å². The van der Waals surface area contributed by atoms with Gasteiger partial charge in [-0.2, -0.15) is 0 Å². The van der Waals surface area contributed by atoms with E-state index in [0.717, 1.165) is 6.42 Å². The second-order valence-corrected chi connectivity index (χ2v) is 2.81. The third kappa shape index (κ3) is 2.93. The van der Waals surface area contributed by atoms with Gasteiger partial charge in [0.15, 0.2) is 0 Å². The highest BCUT2D eigenvalue weighted by Gasteiger charge is 2.06. The molecule has 2 nitrogen and oxygen atoms in total. The molecule has 1 atom stereocenters. The van der Waals surface area contributed by atoms with Crippen LogP contribution in [0.3, 0.4) is 0 Å². The number of nitrogens with one attached hydrogen (secondary N) is 2. The molecular formula is C9H20N2. The van der Waals surface area contributed by atoms with E-state index < -0.39 is 0 Å². The Hall–Kier alpha value is -0.500. The van der Waals surface area contributed by atoms with E-state index in [2.05, 4.69) is 31.4 Å². The topological polar surface area (TPSA) is 24.1 Å². The second kappa shape index (κ2) is 5.19. The van der Waals surface area contributed by atoms with Crippen molar-refractivity contribution in [3.63, 3.8) is 0 Å². The Morgan fingerprint density at radius 3 is 2.09 bits per heavy atom. The van der Waals surface area contributed by atoms with Gasteiger partial charge >= 0.3 is 0 Å². The van der Waals surface area contributed by atoms with Gasteiger partial charge in [0.05, 0.1) is 0 Å². The van der Waals surface area contributed by atoms with Gasteiger partial charge in [0.2, 0.25) is 0 Å². The standard InChI is InChI=1S/C9H20N2/c1-6-9(11-5)7(2)8(3)10-4/h9-11H,6H2,1-5H3/b8-7+. The lowest BCUT2D eigenvalue weighted by molar-refractivity contribution is 0.606. The van der Waals surface area contributed by atoms with Crippen LogP contribution in [0.1, 0.15) is 27.2 Å². The van der Waals surface area contributed by atoms with E-state index in [1.807, 2.05) is 14.1 Å². The first kappa shape index (κ1) is 10.5. The van der Waals surface area contributed by atoms with E-state index in [1.165, 1.54) is 11.3 Å². The van der Waals surface area contributed by atoms with Crippen molar-refractivity contribution in [2.45, 2.75) is 33.2 Å². The summed E-state index contributed by atoms with van der Waals surface area (Å²) in [5.41, 5.74) is 2.67. The summed E-state index contributed by atoms with van der Waals surface area (Å²) in [5.74, 6) is 0. The summed E-state index contributed by atoms with van der Waals surface area (Å²) in [6, 6.07) is 0.516. The molecule has 0 aliphatic rings. The molecule has 11 heavy (non-hydrogen) atoms. The molecule has 0 saturated carbocycles. The SMILES string of the molecule is CCC(NC)/C(C)=C(\C)NC. The molecule has 0 amide bonds. The van der Waals surface area contributed by atoms with Crippen molar-refractivity contribution < 1.29 is 0 Å². The second-order valence-electron chi connectivity index (χ2n) is 2.81. The molecular weight excluding hydrogens is 136 g/mol. The first-order chi connectivity index (χ1) is 5.17. The van der Waals surface area contributed by atoms with Crippen molar-refractivity contribution in [1.82, 2.24) is 10.6 Å². The number of hydrogen-bond donors (Lipinski definition) is 2. The molecule has 2 heteroatoms. The van der Waals surface area contributed by atoms with E-state index in [-0.39, 0.29) is 0 Å². The number of allylic oxidation sites excluding steroid dienone is 1. The van der Waals surface area contributed by atoms with Crippen LogP contribution in [0.15, 0.2) is 11.3 Å². The van der Waals surface area contributed by atoms with Crippen molar-refractivity contribution in [3.8, 4) is 0 Å². The monoisotopic (exact) mass is 156 g/mol. The summed E-state index contributed by atoms with van der Waals surface area (Å²) >= 11 is 0. The molecule has 0 aliphatic heterocycles. The molecule has 0 aromatic carbocycles. The molecule has 0 bridgehead atoms. The third-order valence-electron chi connectivity index (χ3n) is 2.25. The minimum Gasteiger partial charge on any atom is -0.392 e. The van der Waals surface area contributed by atoms with Crippen LogP contribution in [0.25, 0.3) is 0 Å². The summed E-state index contributed by atoms with van der Waals surface area (Å²) in [6.07, 6.45) is 1.14. The molecule has 66 valence electrons. The maximum atomic E-state index is 3.27. The van der Waals surface area contributed by atoms with Gasteiger partial charge in [0.1, 0.15) is 0 Å². The lowest BCUT2D eigenvalue weighted by atomic mass is 10.1. The van der Waals surface area contributed by atoms with E-state index in [9.17, 15) is 0 Å². The zero-order valence-corrected chi connectivity index (χ0v) is 8.28. The van der Waals surface area contributed by atoms with Crippen LogP contribution in [-0.4, -0.2) is 20.1 Å². The maximum Gasteiger partial charge on any atom is 0.0291 e. The van der Waals surface area contributed by atoms with Gasteiger partial charge in [-0.25, -0.2) is 0 Å². The van der Waals surface area contributed by atoms with Gasteiger partial charge < -0.3 is 10.6 Å². The lowest BCUT2D eigenvalue weighted by Crippen LogP contribution is -2.27. The van der Waals surface area contributed by atoms with Crippen LogP contribution in [0.2, 0.25) is 0 Å². The highest BCUT2D eigenvalue weighted by atomic mass is 14.9. The predicted molar refractivity (Wildman–Crippen MR) is 50.6 cm³/mol. The highest BCUT2D eigenvalue weighted by molar-refractivity contribution is 5.13. The van der Waals surface area contributed by atoms with Gasteiger partial charge in [-0.3, -0.25) is 0 Å². The molecule has 0 saturated heterocycles. The lowest BCUT2D eigenvalue weighted by Gasteiger charge is -2.17. The molecule has 0 rings (SSSR count). The largest absolute Gasteiger partial charge is 0.392 e. The summed E-state index contributed by atoms with van der Waals surface area (Å²) in [4.78, 5) is 0. The van der Waals surface area contributed by atoms with Crippen molar-refractivity contribution in [1.29, 1.82) is 0 Å². The summed E-state index contributed by atoms with van der Waals surface area (Å²) in [5, 5.41) is 6.42. The molecule has 0 aromatic rings. The Kier molecular flexibility index (Phi) is 4.95. The molecule has 0 radical (unpaired) electrons. The number of likely N-dealkylation sites (N-methyl/N-ethyl adjacent to an activating group) is 1. The fraction of sp³-hybridized carbons (Fsp3) is 0.778. The van der Waals surface area contributed by atoms with Crippen LogP contribution in [0.4, 0.5) is 0 Å². The number of rotatable bonds is 4. The van der Waals surface area contributed by atoms with Crippen molar-refractivity contribution >= 4 is 0 Å². The summed E-state index contributed by atoms with van der Waals surface area (Å²) in [6.45, 7) is 6.46. The summed E-state index contributed by atoms with van der Waals surface area (Å²) < 4.78 is 0. The molecule has 0 aromatic heterocycles. The van der Waals surface area contributed by atoms with Crippen molar-refractivity contribution in [3.05, 3.63) is 11.3 Å². The van der Waals surface area contributed by atoms with E-state index in [0.29, 0.717) is 6.04 Å². The van der Waals surface area contributed by atoms with Gasteiger partial charge in [-0.05, 0) is 32.9 Å². The summed E-state index contributed by atoms with van der Waals surface area (Å²) in [7, 11) is 3.96. The fourth-order valence-electron chi connectivity index (χ4n) is 1.19. The number of hydrogen-bond acceptors (Lipinski definition) is 2. The Bertz CT molecular complexity index is 134. The predicted octanol–water partition coefficient (Wildman–Crippen LogP) is 1.50. The van der Waals surface area contributed by atoms with E-state index >= 15 is 0 Å². The minimum atomic E-state index is 0.516. The molecule has 0 aliphatic carbocycles. The highest BCUT2D eigenvalue weighted by Crippen LogP contribution is 2.08. The normalized spacial score (nSPS) is 15.7. The molecule has 0 fully saturated rings. The van der Waals surface area contributed by atoms with Crippen LogP contribution in [0, 0.1) is 0 Å². The third-order valence-corrected chi connectivity index (χ3v) is 2.25. The average molecular weight is 156 g/mol. The zero-order valence-electron chi connectivity index (χ0n) is 8.28. The van der Waals surface area contributed by atoms with Crippen molar-refractivity contribution in [2.24, 2.45) is 0 Å². The Labute approximate surface area is 70.1 Å². The zero-order chi connectivity index (χ0) is 8.85. The molecule has 2 N–H and O–H groups in total. The first-order valence-electron chi connectivity index (χ1n) is 4.19. The Morgan fingerprint density at radius 2 is 1.82 bits per heavy atom. The quantitative estimate of drug-likeness (QED) is 0.644. The van der Waals surface area contributed by atoms with Crippen LogP contribution in [0.5, 0.6) is 0 Å². The smallest absolute Gasteiger partial charge is 0.0291 e. The van der Waals surface area contributed by atoms with E-state index in [1.54, 1.807) is 0 Å². The van der Waals surface area contributed by atoms with Gasteiger partial charge in [-0.15, -0.1) is 0 Å². The Morgan fingerprint density at radius 1 is 1.27 bits per heavy atom. The molecule has 0 heterocycles. The van der Waals surface area contributed by atoms with Crippen LogP contribution < -0.4 is 10.6 Å². The molecule has 0 spiro atoms. The van der Waals surface area contributed by atoms with Gasteiger partial charge in [0, 0.05) is 18.8 Å². The van der Waals surface area contributed by atoms with E-state index in [4.69, 9.17) is 0 Å². The maximum absolute atomic E-state index is 3.27. The Balaban J connectivity index is 4.28.